The van der Waals surface area contributed by atoms with Crippen LogP contribution < -0.4 is 10.6 Å². The van der Waals surface area contributed by atoms with Crippen LogP contribution in [-0.4, -0.2) is 63.5 Å². The Kier molecular flexibility index (Phi) is 8.26. The molecule has 164 valence electrons. The largest absolute Gasteiger partial charge is 0.374 e. The summed E-state index contributed by atoms with van der Waals surface area (Å²) in [5.74, 6) is 0.905. The Morgan fingerprint density at radius 2 is 2.13 bits per heavy atom. The normalized spacial score (nSPS) is 17.3. The van der Waals surface area contributed by atoms with E-state index >= 15 is 0 Å². The Hall–Kier alpha value is -1.94. The van der Waals surface area contributed by atoms with Crippen LogP contribution in [0.2, 0.25) is 10.0 Å². The van der Waals surface area contributed by atoms with Crippen molar-refractivity contribution < 1.29 is 9.53 Å². The van der Waals surface area contributed by atoms with Crippen LogP contribution in [0.15, 0.2) is 18.2 Å². The molecule has 0 radical (unpaired) electrons. The van der Waals surface area contributed by atoms with Gasteiger partial charge in [0.25, 0.3) is 0 Å². The zero-order valence-corrected chi connectivity index (χ0v) is 18.7. The summed E-state index contributed by atoms with van der Waals surface area (Å²) in [7, 11) is 0. The second kappa shape index (κ2) is 10.9. The van der Waals surface area contributed by atoms with Gasteiger partial charge in [0.05, 0.1) is 35.8 Å². The van der Waals surface area contributed by atoms with Crippen LogP contribution in [-0.2, 0) is 24.4 Å². The van der Waals surface area contributed by atoms with E-state index in [1.54, 1.807) is 6.07 Å². The van der Waals surface area contributed by atoms with Crippen molar-refractivity contribution in [3.63, 3.8) is 0 Å². The zero-order valence-electron chi connectivity index (χ0n) is 17.1. The summed E-state index contributed by atoms with van der Waals surface area (Å²) in [4.78, 5) is 15.9. The van der Waals surface area contributed by atoms with E-state index in [-0.39, 0.29) is 18.7 Å². The number of ether oxygens (including phenoxy) is 1. The van der Waals surface area contributed by atoms with Gasteiger partial charge in [-0.3, -0.25) is 4.90 Å². The van der Waals surface area contributed by atoms with Crippen LogP contribution in [0.4, 0.5) is 4.79 Å². The smallest absolute Gasteiger partial charge is 0.315 e. The molecule has 2 aromatic rings. The van der Waals surface area contributed by atoms with Crippen molar-refractivity contribution in [1.29, 1.82) is 0 Å². The van der Waals surface area contributed by atoms with Crippen LogP contribution in [0, 0.1) is 5.92 Å². The molecule has 3 rings (SSSR count). The highest BCUT2D eigenvalue weighted by Crippen LogP contribution is 2.23. The molecule has 0 aliphatic carbocycles. The average Bonchev–Trinajstić information content (AvgIpc) is 3.14. The van der Waals surface area contributed by atoms with E-state index in [1.807, 2.05) is 12.1 Å². The number of hydrogen-bond acceptors (Lipinski definition) is 6. The second-order valence-corrected chi connectivity index (χ2v) is 8.51. The quantitative estimate of drug-likeness (QED) is 0.633. The van der Waals surface area contributed by atoms with E-state index in [4.69, 9.17) is 27.9 Å². The van der Waals surface area contributed by atoms with Gasteiger partial charge in [-0.05, 0) is 28.8 Å². The number of halogens is 2. The Balaban J connectivity index is 1.38. The number of amides is 2. The van der Waals surface area contributed by atoms with Gasteiger partial charge < -0.3 is 15.4 Å². The second-order valence-electron chi connectivity index (χ2n) is 7.69. The lowest BCUT2D eigenvalue weighted by Gasteiger charge is -2.33. The molecule has 2 N–H and O–H groups in total. The summed E-state index contributed by atoms with van der Waals surface area (Å²) in [5, 5.41) is 18.8. The minimum absolute atomic E-state index is 0.0858. The van der Waals surface area contributed by atoms with Gasteiger partial charge in [-0.15, -0.1) is 10.2 Å². The predicted molar refractivity (Wildman–Crippen MR) is 114 cm³/mol. The van der Waals surface area contributed by atoms with Gasteiger partial charge in [-0.2, -0.15) is 4.80 Å². The van der Waals surface area contributed by atoms with E-state index in [0.29, 0.717) is 48.0 Å². The highest BCUT2D eigenvalue weighted by atomic mass is 35.5. The Morgan fingerprint density at radius 1 is 1.30 bits per heavy atom. The first-order valence-corrected chi connectivity index (χ1v) is 10.7. The Bertz CT molecular complexity index is 846. The fourth-order valence-corrected chi connectivity index (χ4v) is 3.44. The molecule has 30 heavy (non-hydrogen) atoms. The monoisotopic (exact) mass is 455 g/mol. The number of hydrogen-bond donors (Lipinski definition) is 2. The van der Waals surface area contributed by atoms with Crippen molar-refractivity contribution in [2.75, 3.05) is 26.2 Å². The van der Waals surface area contributed by atoms with Crippen LogP contribution >= 0.6 is 23.2 Å². The molecule has 0 bridgehead atoms. The van der Waals surface area contributed by atoms with Gasteiger partial charge in [0, 0.05) is 26.2 Å². The minimum Gasteiger partial charge on any atom is -0.374 e. The summed E-state index contributed by atoms with van der Waals surface area (Å²) in [6.07, 6.45) is -0.0858. The van der Waals surface area contributed by atoms with Crippen molar-refractivity contribution in [2.45, 2.75) is 39.6 Å². The van der Waals surface area contributed by atoms with Crippen LogP contribution in [0.5, 0.6) is 0 Å². The predicted octanol–water partition coefficient (Wildman–Crippen LogP) is 2.34. The number of benzene rings is 1. The van der Waals surface area contributed by atoms with Crippen molar-refractivity contribution in [1.82, 2.24) is 35.7 Å². The van der Waals surface area contributed by atoms with E-state index in [9.17, 15) is 4.79 Å². The lowest BCUT2D eigenvalue weighted by molar-refractivity contribution is -0.0287. The van der Waals surface area contributed by atoms with Crippen molar-refractivity contribution in [3.05, 3.63) is 39.6 Å². The molecule has 2 heterocycles. The van der Waals surface area contributed by atoms with Crippen LogP contribution in [0.25, 0.3) is 0 Å². The summed E-state index contributed by atoms with van der Waals surface area (Å²) >= 11 is 12.1. The van der Waals surface area contributed by atoms with Gasteiger partial charge >= 0.3 is 6.03 Å². The molecule has 0 saturated carbocycles. The molecular weight excluding hydrogens is 429 g/mol. The van der Waals surface area contributed by atoms with Gasteiger partial charge in [0.15, 0.2) is 5.82 Å². The third-order valence-electron chi connectivity index (χ3n) is 4.53. The van der Waals surface area contributed by atoms with E-state index in [2.05, 4.69) is 44.8 Å². The average molecular weight is 456 g/mol. The number of tetrazole rings is 1. The maximum atomic E-state index is 12.1. The summed E-state index contributed by atoms with van der Waals surface area (Å²) in [5.41, 5.74) is 1.09. The number of urea groups is 1. The lowest BCUT2D eigenvalue weighted by Crippen LogP contribution is -2.48. The zero-order chi connectivity index (χ0) is 21.5. The molecule has 1 saturated heterocycles. The third-order valence-corrected chi connectivity index (χ3v) is 5.27. The van der Waals surface area contributed by atoms with Gasteiger partial charge in [0.2, 0.25) is 0 Å². The van der Waals surface area contributed by atoms with Crippen molar-refractivity contribution in [3.8, 4) is 0 Å². The van der Waals surface area contributed by atoms with Gasteiger partial charge in [-0.25, -0.2) is 4.79 Å². The van der Waals surface area contributed by atoms with Crippen molar-refractivity contribution >= 4 is 29.2 Å². The first kappa shape index (κ1) is 22.7. The van der Waals surface area contributed by atoms with Crippen LogP contribution in [0.1, 0.15) is 25.2 Å². The number of rotatable bonds is 8. The molecule has 1 aliphatic rings. The first-order valence-electron chi connectivity index (χ1n) is 9.95. The fourth-order valence-electron chi connectivity index (χ4n) is 3.12. The van der Waals surface area contributed by atoms with E-state index in [0.717, 1.165) is 18.7 Å². The molecule has 0 spiro atoms. The van der Waals surface area contributed by atoms with Gasteiger partial charge in [-0.1, -0.05) is 43.1 Å². The summed E-state index contributed by atoms with van der Waals surface area (Å²) in [6, 6.07) is 5.36. The number of nitrogens with one attached hydrogen (secondary N) is 2. The molecule has 1 aromatic carbocycles. The molecule has 0 unspecified atom stereocenters. The van der Waals surface area contributed by atoms with Crippen molar-refractivity contribution in [2.24, 2.45) is 5.92 Å². The lowest BCUT2D eigenvalue weighted by atomic mass is 10.2. The molecule has 11 heteroatoms. The first-order chi connectivity index (χ1) is 14.4. The number of nitrogens with zero attached hydrogens (tertiary/aromatic N) is 5. The topological polar surface area (TPSA) is 97.2 Å². The maximum absolute atomic E-state index is 12.1. The highest BCUT2D eigenvalue weighted by Gasteiger charge is 2.21. The molecule has 1 aliphatic heterocycles. The molecule has 2 amide bonds. The summed E-state index contributed by atoms with van der Waals surface area (Å²) in [6.45, 7) is 8.37. The number of carbonyl (C=O) groups is 1. The van der Waals surface area contributed by atoms with Gasteiger partial charge in [0.1, 0.15) is 0 Å². The molecule has 9 nitrogen and oxygen atoms in total. The minimum atomic E-state index is -0.291. The standard InChI is InChI=1S/C19H27Cl2N7O2/c1-13(2)10-28-25-18(24-26-28)9-23-19(29)22-8-15-12-27(5-6-30-15)11-14-3-4-16(20)17(21)7-14/h3-4,7,13,15H,5-6,8-12H2,1-2H3,(H2,22,23,29)/t15-/m0/s1. The number of aromatic nitrogens is 4. The molecule has 1 atom stereocenters. The van der Waals surface area contributed by atoms with Crippen LogP contribution in [0.3, 0.4) is 0 Å². The van der Waals surface area contributed by atoms with E-state index in [1.165, 1.54) is 4.80 Å². The third kappa shape index (κ3) is 7.09. The Morgan fingerprint density at radius 3 is 2.90 bits per heavy atom. The Labute approximate surface area is 186 Å². The molecule has 1 fully saturated rings. The highest BCUT2D eigenvalue weighted by molar-refractivity contribution is 6.42. The fraction of sp³-hybridized carbons (Fsp3) is 0.579. The maximum Gasteiger partial charge on any atom is 0.315 e. The number of morpholine rings is 1. The molecule has 1 aromatic heterocycles. The van der Waals surface area contributed by atoms with E-state index < -0.39 is 0 Å². The SMILES string of the molecule is CC(C)Cn1nnc(CNC(=O)NC[C@H]2CN(Cc3ccc(Cl)c(Cl)c3)CCO2)n1. The molecular formula is C19H27Cl2N7O2. The summed E-state index contributed by atoms with van der Waals surface area (Å²) < 4.78 is 5.77. The number of carbonyl (C=O) groups excluding carboxylic acids is 1.